The van der Waals surface area contributed by atoms with Crippen molar-refractivity contribution < 1.29 is 27.1 Å². The normalized spacial score (nSPS) is 11.2. The highest BCUT2D eigenvalue weighted by Gasteiger charge is 2.32. The summed E-state index contributed by atoms with van der Waals surface area (Å²) < 4.78 is 58.4. The van der Waals surface area contributed by atoms with E-state index in [9.17, 15) is 22.4 Å². The molecule has 0 unspecified atom stereocenters. The lowest BCUT2D eigenvalue weighted by Gasteiger charge is -2.23. The number of nitrogens with zero attached hydrogens (tertiary/aromatic N) is 2. The zero-order valence-electron chi connectivity index (χ0n) is 15.4. The second kappa shape index (κ2) is 9.13. The summed E-state index contributed by atoms with van der Waals surface area (Å²) in [5.41, 5.74) is -0.649. The van der Waals surface area contributed by atoms with Crippen molar-refractivity contribution in [1.29, 1.82) is 0 Å². The van der Waals surface area contributed by atoms with Crippen molar-refractivity contribution in [3.8, 4) is 5.88 Å². The Bertz CT molecular complexity index is 1010. The number of aromatic nitrogens is 1. The molecule has 2 aromatic carbocycles. The molecule has 1 heterocycles. The molecule has 0 aliphatic rings. The molecule has 0 N–H and O–H groups in total. The first kappa shape index (κ1) is 21.6. The number of hydrogen-bond donors (Lipinski definition) is 0. The van der Waals surface area contributed by atoms with Crippen LogP contribution in [0.25, 0.3) is 0 Å². The van der Waals surface area contributed by atoms with Crippen molar-refractivity contribution in [1.82, 2.24) is 4.98 Å². The van der Waals surface area contributed by atoms with Gasteiger partial charge in [0.25, 0.3) is 0 Å². The first-order valence-electron chi connectivity index (χ1n) is 8.75. The van der Waals surface area contributed by atoms with Gasteiger partial charge in [-0.3, -0.25) is 4.90 Å². The minimum absolute atomic E-state index is 0.0445. The Kier molecular flexibility index (Phi) is 6.56. The van der Waals surface area contributed by atoms with Gasteiger partial charge >= 0.3 is 12.3 Å². The van der Waals surface area contributed by atoms with Gasteiger partial charge in [0.1, 0.15) is 5.82 Å². The van der Waals surface area contributed by atoms with Crippen LogP contribution in [0.3, 0.4) is 0 Å². The van der Waals surface area contributed by atoms with E-state index in [0.29, 0.717) is 23.6 Å². The maximum Gasteiger partial charge on any atom is 0.421 e. The number of benzene rings is 2. The van der Waals surface area contributed by atoms with Crippen molar-refractivity contribution in [2.75, 3.05) is 11.4 Å². The van der Waals surface area contributed by atoms with Gasteiger partial charge in [0.15, 0.2) is 0 Å². The fourth-order valence-electron chi connectivity index (χ4n) is 2.67. The summed E-state index contributed by atoms with van der Waals surface area (Å²) in [6.07, 6.45) is -4.21. The number of ether oxygens (including phenoxy) is 1. The van der Waals surface area contributed by atoms with Crippen LogP contribution in [0.1, 0.15) is 11.1 Å². The van der Waals surface area contributed by atoms with E-state index in [1.807, 2.05) is 6.07 Å². The number of carbonyl (C=O) groups is 1. The number of alkyl halides is 3. The van der Waals surface area contributed by atoms with Gasteiger partial charge in [-0.1, -0.05) is 41.9 Å². The lowest BCUT2D eigenvalue weighted by molar-refractivity contribution is -0.137. The molecule has 9 heteroatoms. The highest BCUT2D eigenvalue weighted by atomic mass is 35.5. The van der Waals surface area contributed by atoms with Crippen LogP contribution in [-0.2, 0) is 12.6 Å². The van der Waals surface area contributed by atoms with Crippen LogP contribution in [0, 0.1) is 5.82 Å². The summed E-state index contributed by atoms with van der Waals surface area (Å²) in [6, 6.07) is 13.7. The Balaban J connectivity index is 1.91. The standard InChI is InChI=1S/C21H15ClF4N2O2/c22-16-6-7-19(27-13-16)30-20(29)28(9-8-14-4-2-1-3-5-14)18-11-15(21(24,25)26)10-17(23)12-18/h1-7,10-13H,8-9H2. The molecule has 1 amide bonds. The summed E-state index contributed by atoms with van der Waals surface area (Å²) in [4.78, 5) is 17.5. The second-order valence-corrected chi connectivity index (χ2v) is 6.70. The summed E-state index contributed by atoms with van der Waals surface area (Å²) in [5.74, 6) is -1.22. The minimum Gasteiger partial charge on any atom is -0.391 e. The van der Waals surface area contributed by atoms with Crippen LogP contribution in [0.2, 0.25) is 5.02 Å². The number of carbonyl (C=O) groups excluding carboxylic acids is 1. The van der Waals surface area contributed by atoms with E-state index in [1.54, 1.807) is 24.3 Å². The highest BCUT2D eigenvalue weighted by molar-refractivity contribution is 6.30. The summed E-state index contributed by atoms with van der Waals surface area (Å²) in [5, 5.41) is 0.315. The molecule has 1 aromatic heterocycles. The average Bonchev–Trinajstić information content (AvgIpc) is 2.70. The van der Waals surface area contributed by atoms with Gasteiger partial charge in [-0.2, -0.15) is 13.2 Å². The Morgan fingerprint density at radius 1 is 1.07 bits per heavy atom. The Hall–Kier alpha value is -3.13. The number of rotatable bonds is 5. The van der Waals surface area contributed by atoms with Crippen LogP contribution in [0.15, 0.2) is 66.9 Å². The quantitative estimate of drug-likeness (QED) is 0.449. The average molecular weight is 439 g/mol. The van der Waals surface area contributed by atoms with Gasteiger partial charge < -0.3 is 4.74 Å². The van der Waals surface area contributed by atoms with Gasteiger partial charge in [-0.05, 0) is 36.2 Å². The van der Waals surface area contributed by atoms with Crippen molar-refractivity contribution >= 4 is 23.4 Å². The van der Waals surface area contributed by atoms with Crippen LogP contribution in [0.4, 0.5) is 28.0 Å². The lowest BCUT2D eigenvalue weighted by atomic mass is 10.1. The molecule has 0 atom stereocenters. The number of hydrogen-bond acceptors (Lipinski definition) is 3. The van der Waals surface area contributed by atoms with E-state index >= 15 is 0 Å². The molecule has 4 nitrogen and oxygen atoms in total. The zero-order valence-corrected chi connectivity index (χ0v) is 16.1. The first-order chi connectivity index (χ1) is 14.2. The van der Waals surface area contributed by atoms with Crippen LogP contribution in [0.5, 0.6) is 5.88 Å². The molecule has 0 saturated heterocycles. The van der Waals surface area contributed by atoms with E-state index < -0.39 is 23.7 Å². The predicted octanol–water partition coefficient (Wildman–Crippen LogP) is 6.14. The van der Waals surface area contributed by atoms with Gasteiger partial charge in [0.05, 0.1) is 16.3 Å². The van der Waals surface area contributed by atoms with Gasteiger partial charge in [0, 0.05) is 18.8 Å². The van der Waals surface area contributed by atoms with Crippen molar-refractivity contribution in [2.24, 2.45) is 0 Å². The molecule has 3 aromatic rings. The molecule has 3 rings (SSSR count). The number of halogens is 5. The van der Waals surface area contributed by atoms with Crippen molar-refractivity contribution in [3.63, 3.8) is 0 Å². The van der Waals surface area contributed by atoms with Crippen LogP contribution < -0.4 is 9.64 Å². The zero-order chi connectivity index (χ0) is 21.7. The smallest absolute Gasteiger partial charge is 0.391 e. The predicted molar refractivity (Wildman–Crippen MR) is 104 cm³/mol. The van der Waals surface area contributed by atoms with E-state index in [2.05, 4.69) is 4.98 Å². The topological polar surface area (TPSA) is 42.4 Å². The molecular formula is C21H15ClF4N2O2. The Labute approximate surface area is 174 Å². The monoisotopic (exact) mass is 438 g/mol. The largest absolute Gasteiger partial charge is 0.421 e. The number of amides is 1. The molecule has 0 aliphatic carbocycles. The first-order valence-corrected chi connectivity index (χ1v) is 9.13. The van der Waals surface area contributed by atoms with E-state index in [1.165, 1.54) is 18.3 Å². The third kappa shape index (κ3) is 5.70. The Morgan fingerprint density at radius 3 is 2.43 bits per heavy atom. The molecular weight excluding hydrogens is 424 g/mol. The number of pyridine rings is 1. The lowest BCUT2D eigenvalue weighted by Crippen LogP contribution is -2.35. The fourth-order valence-corrected chi connectivity index (χ4v) is 2.78. The third-order valence-electron chi connectivity index (χ3n) is 4.10. The summed E-state index contributed by atoms with van der Waals surface area (Å²) in [7, 11) is 0. The maximum atomic E-state index is 13.9. The van der Waals surface area contributed by atoms with Gasteiger partial charge in [-0.25, -0.2) is 14.2 Å². The SMILES string of the molecule is O=C(Oc1ccc(Cl)cn1)N(CCc1ccccc1)c1cc(F)cc(C(F)(F)F)c1. The highest BCUT2D eigenvalue weighted by Crippen LogP contribution is 2.33. The third-order valence-corrected chi connectivity index (χ3v) is 4.32. The van der Waals surface area contributed by atoms with E-state index in [-0.39, 0.29) is 18.1 Å². The summed E-state index contributed by atoms with van der Waals surface area (Å²) in [6.45, 7) is -0.0445. The molecule has 0 fully saturated rings. The van der Waals surface area contributed by atoms with Gasteiger partial charge in [-0.15, -0.1) is 0 Å². The van der Waals surface area contributed by atoms with Crippen LogP contribution >= 0.6 is 11.6 Å². The molecule has 0 bridgehead atoms. The maximum absolute atomic E-state index is 13.9. The fraction of sp³-hybridized carbons (Fsp3) is 0.143. The molecule has 30 heavy (non-hydrogen) atoms. The van der Waals surface area contributed by atoms with E-state index in [4.69, 9.17) is 16.3 Å². The minimum atomic E-state index is -4.77. The van der Waals surface area contributed by atoms with Gasteiger partial charge in [0.2, 0.25) is 5.88 Å². The molecule has 0 saturated carbocycles. The molecule has 156 valence electrons. The molecule has 0 aliphatic heterocycles. The molecule has 0 spiro atoms. The molecule has 0 radical (unpaired) electrons. The van der Waals surface area contributed by atoms with E-state index in [0.717, 1.165) is 16.5 Å². The summed E-state index contributed by atoms with van der Waals surface area (Å²) >= 11 is 5.74. The number of anilines is 1. The van der Waals surface area contributed by atoms with Crippen molar-refractivity contribution in [3.05, 3.63) is 88.8 Å². The second-order valence-electron chi connectivity index (χ2n) is 6.27. The van der Waals surface area contributed by atoms with Crippen LogP contribution in [-0.4, -0.2) is 17.6 Å². The van der Waals surface area contributed by atoms with Crippen molar-refractivity contribution in [2.45, 2.75) is 12.6 Å². The Morgan fingerprint density at radius 2 is 1.80 bits per heavy atom.